The lowest BCUT2D eigenvalue weighted by molar-refractivity contribution is 0.178. The van der Waals surface area contributed by atoms with Gasteiger partial charge in [-0.05, 0) is 31.8 Å². The predicted molar refractivity (Wildman–Crippen MR) is 109 cm³/mol. The van der Waals surface area contributed by atoms with E-state index in [4.69, 9.17) is 0 Å². The molecule has 0 bridgehead atoms. The molecule has 0 spiro atoms. The Balaban J connectivity index is 1.84. The van der Waals surface area contributed by atoms with Crippen LogP contribution in [-0.4, -0.2) is 69.9 Å². The number of hydrogen-bond acceptors (Lipinski definition) is 4. The second-order valence-electron chi connectivity index (χ2n) is 7.84. The summed E-state index contributed by atoms with van der Waals surface area (Å²) in [5.41, 5.74) is 0. The van der Waals surface area contributed by atoms with Gasteiger partial charge in [-0.15, -0.1) is 10.2 Å². The number of fused-ring (bicyclic) bond motifs is 1. The molecule has 2 heterocycles. The molecule has 0 radical (unpaired) electrons. The van der Waals surface area contributed by atoms with Crippen molar-refractivity contribution < 1.29 is 4.79 Å². The van der Waals surface area contributed by atoms with Gasteiger partial charge in [0.05, 0.1) is 0 Å². The number of aromatic nitrogens is 3. The number of amides is 2. The van der Waals surface area contributed by atoms with E-state index >= 15 is 0 Å². The molecule has 27 heavy (non-hydrogen) atoms. The van der Waals surface area contributed by atoms with Crippen molar-refractivity contribution in [1.82, 2.24) is 29.9 Å². The van der Waals surface area contributed by atoms with Crippen LogP contribution in [0.2, 0.25) is 0 Å². The van der Waals surface area contributed by atoms with Gasteiger partial charge < -0.3 is 19.7 Å². The van der Waals surface area contributed by atoms with Gasteiger partial charge in [-0.2, -0.15) is 0 Å². The van der Waals surface area contributed by atoms with Crippen molar-refractivity contribution >= 4 is 6.03 Å². The van der Waals surface area contributed by atoms with Gasteiger partial charge in [0, 0.05) is 45.6 Å². The predicted octanol–water partition coefficient (Wildman–Crippen LogP) is 2.56. The highest BCUT2D eigenvalue weighted by Crippen LogP contribution is 2.14. The topological polar surface area (TPSA) is 66.3 Å². The van der Waals surface area contributed by atoms with Crippen LogP contribution in [0, 0.1) is 5.92 Å². The van der Waals surface area contributed by atoms with E-state index in [1.165, 1.54) is 19.3 Å². The normalized spacial score (nSPS) is 14.3. The van der Waals surface area contributed by atoms with Gasteiger partial charge in [-0.1, -0.05) is 34.1 Å². The fourth-order valence-corrected chi connectivity index (χ4v) is 3.64. The summed E-state index contributed by atoms with van der Waals surface area (Å²) in [5, 5.41) is 11.8. The Kier molecular flexibility index (Phi) is 9.04. The molecule has 0 aromatic carbocycles. The third-order valence-corrected chi connectivity index (χ3v) is 5.26. The zero-order valence-electron chi connectivity index (χ0n) is 17.7. The summed E-state index contributed by atoms with van der Waals surface area (Å²) >= 11 is 0. The average Bonchev–Trinajstić information content (AvgIpc) is 2.87. The monoisotopic (exact) mass is 378 g/mol. The van der Waals surface area contributed by atoms with E-state index < -0.39 is 0 Å². The van der Waals surface area contributed by atoms with Crippen LogP contribution in [-0.2, 0) is 19.4 Å². The summed E-state index contributed by atoms with van der Waals surface area (Å²) in [4.78, 5) is 17.0. The molecular formula is C20H38N6O. The van der Waals surface area contributed by atoms with E-state index in [1.807, 2.05) is 4.90 Å². The van der Waals surface area contributed by atoms with Crippen molar-refractivity contribution in [2.24, 2.45) is 5.92 Å². The summed E-state index contributed by atoms with van der Waals surface area (Å²) in [6.07, 6.45) is 5.41. The number of carbonyl (C=O) groups is 1. The summed E-state index contributed by atoms with van der Waals surface area (Å²) in [7, 11) is 0. The van der Waals surface area contributed by atoms with Crippen LogP contribution >= 0.6 is 0 Å². The van der Waals surface area contributed by atoms with Crippen molar-refractivity contribution in [1.29, 1.82) is 0 Å². The fraction of sp³-hybridized carbons (Fsp3) is 0.850. The molecule has 1 aromatic heterocycles. The molecule has 2 amide bonds. The lowest BCUT2D eigenvalue weighted by Crippen LogP contribution is -2.46. The number of urea groups is 1. The minimum absolute atomic E-state index is 0.0338. The first-order chi connectivity index (χ1) is 13.0. The molecule has 1 aromatic rings. The van der Waals surface area contributed by atoms with E-state index in [0.717, 1.165) is 63.8 Å². The van der Waals surface area contributed by atoms with E-state index in [2.05, 4.69) is 52.7 Å². The minimum atomic E-state index is 0.0338. The molecule has 0 saturated heterocycles. The number of likely N-dealkylation sites (N-methyl/N-ethyl adjacent to an activating group) is 1. The quantitative estimate of drug-likeness (QED) is 0.679. The fourth-order valence-electron chi connectivity index (χ4n) is 3.64. The van der Waals surface area contributed by atoms with Gasteiger partial charge in [0.1, 0.15) is 11.6 Å². The maximum absolute atomic E-state index is 12.7. The molecule has 7 heteroatoms. The number of hydrogen-bond donors (Lipinski definition) is 1. The second kappa shape index (κ2) is 11.3. The van der Waals surface area contributed by atoms with Crippen LogP contribution in [0.25, 0.3) is 0 Å². The van der Waals surface area contributed by atoms with Crippen LogP contribution < -0.4 is 5.32 Å². The van der Waals surface area contributed by atoms with Crippen molar-refractivity contribution in [3.05, 3.63) is 11.6 Å². The number of carbonyl (C=O) groups excluding carboxylic acids is 1. The van der Waals surface area contributed by atoms with Gasteiger partial charge in [0.2, 0.25) is 0 Å². The smallest absolute Gasteiger partial charge is 0.317 e. The highest BCUT2D eigenvalue weighted by Gasteiger charge is 2.17. The second-order valence-corrected chi connectivity index (χ2v) is 7.84. The highest BCUT2D eigenvalue weighted by molar-refractivity contribution is 5.74. The molecule has 7 nitrogen and oxygen atoms in total. The third kappa shape index (κ3) is 6.79. The van der Waals surface area contributed by atoms with Crippen molar-refractivity contribution in [3.8, 4) is 0 Å². The molecule has 0 saturated carbocycles. The van der Waals surface area contributed by atoms with Crippen molar-refractivity contribution in [2.45, 2.75) is 66.3 Å². The lowest BCUT2D eigenvalue weighted by atomic mass is 10.2. The van der Waals surface area contributed by atoms with Gasteiger partial charge in [0.25, 0.3) is 0 Å². The first kappa shape index (κ1) is 21.7. The molecular weight excluding hydrogens is 340 g/mol. The Hall–Kier alpha value is -1.63. The van der Waals surface area contributed by atoms with Gasteiger partial charge >= 0.3 is 6.03 Å². The molecule has 0 atom stereocenters. The van der Waals surface area contributed by atoms with Crippen molar-refractivity contribution in [2.75, 3.05) is 39.3 Å². The number of nitrogens with one attached hydrogen (secondary N) is 1. The maximum atomic E-state index is 12.7. The minimum Gasteiger partial charge on any atom is -0.338 e. The standard InChI is InChI=1S/C20H38N6O/c1-5-24(6-2)14-15-25(16-17(3)4)20(27)21-12-11-19-23-22-18-10-8-7-9-13-26(18)19/h17H,5-16H2,1-4H3,(H,21,27). The van der Waals surface area contributed by atoms with Gasteiger partial charge in [-0.25, -0.2) is 4.79 Å². The lowest BCUT2D eigenvalue weighted by Gasteiger charge is -2.28. The molecule has 0 fully saturated rings. The summed E-state index contributed by atoms with van der Waals surface area (Å²) in [6.45, 7) is 14.8. The van der Waals surface area contributed by atoms with Crippen LogP contribution in [0.5, 0.6) is 0 Å². The number of nitrogens with zero attached hydrogens (tertiary/aromatic N) is 5. The maximum Gasteiger partial charge on any atom is 0.317 e. The van der Waals surface area contributed by atoms with Crippen LogP contribution in [0.4, 0.5) is 4.79 Å². The molecule has 0 aliphatic carbocycles. The molecule has 1 aliphatic heterocycles. The Morgan fingerprint density at radius 2 is 1.93 bits per heavy atom. The SMILES string of the molecule is CCN(CC)CCN(CC(C)C)C(=O)NCCc1nnc2n1CCCCC2. The first-order valence-electron chi connectivity index (χ1n) is 10.7. The number of rotatable bonds is 10. The summed E-state index contributed by atoms with van der Waals surface area (Å²) in [5.74, 6) is 2.57. The zero-order valence-corrected chi connectivity index (χ0v) is 17.7. The molecule has 2 rings (SSSR count). The van der Waals surface area contributed by atoms with E-state index in [0.29, 0.717) is 12.5 Å². The number of aryl methyl sites for hydroxylation is 1. The first-order valence-corrected chi connectivity index (χ1v) is 10.7. The Morgan fingerprint density at radius 3 is 2.63 bits per heavy atom. The third-order valence-electron chi connectivity index (χ3n) is 5.26. The highest BCUT2D eigenvalue weighted by atomic mass is 16.2. The van der Waals surface area contributed by atoms with Gasteiger partial charge in [-0.3, -0.25) is 0 Å². The van der Waals surface area contributed by atoms with Crippen LogP contribution in [0.1, 0.15) is 58.6 Å². The Morgan fingerprint density at radius 1 is 1.15 bits per heavy atom. The molecule has 154 valence electrons. The van der Waals surface area contributed by atoms with Crippen LogP contribution in [0.3, 0.4) is 0 Å². The average molecular weight is 379 g/mol. The molecule has 1 aliphatic rings. The summed E-state index contributed by atoms with van der Waals surface area (Å²) in [6, 6.07) is 0.0338. The van der Waals surface area contributed by atoms with Gasteiger partial charge in [0.15, 0.2) is 0 Å². The Bertz CT molecular complexity index is 567. The van der Waals surface area contributed by atoms with Crippen LogP contribution in [0.15, 0.2) is 0 Å². The van der Waals surface area contributed by atoms with E-state index in [9.17, 15) is 4.79 Å². The zero-order chi connectivity index (χ0) is 19.6. The van der Waals surface area contributed by atoms with E-state index in [-0.39, 0.29) is 6.03 Å². The Labute approximate surface area is 164 Å². The molecule has 0 unspecified atom stereocenters. The van der Waals surface area contributed by atoms with E-state index in [1.54, 1.807) is 0 Å². The molecule has 1 N–H and O–H groups in total. The van der Waals surface area contributed by atoms with Crippen molar-refractivity contribution in [3.63, 3.8) is 0 Å². The summed E-state index contributed by atoms with van der Waals surface area (Å²) < 4.78 is 2.26. The largest absolute Gasteiger partial charge is 0.338 e.